The van der Waals surface area contributed by atoms with Crippen LogP contribution in [0.3, 0.4) is 0 Å². The van der Waals surface area contributed by atoms with E-state index in [0.29, 0.717) is 6.54 Å². The predicted molar refractivity (Wildman–Crippen MR) is 131 cm³/mol. The molecule has 3 amide bonds. The van der Waals surface area contributed by atoms with E-state index in [-0.39, 0.29) is 41.8 Å². The maximum Gasteiger partial charge on any atom is 0.269 e. The highest BCUT2D eigenvalue weighted by Crippen LogP contribution is 2.30. The van der Waals surface area contributed by atoms with Crippen molar-refractivity contribution in [3.63, 3.8) is 0 Å². The van der Waals surface area contributed by atoms with Gasteiger partial charge in [-0.25, -0.2) is 12.7 Å². The minimum Gasteiger partial charge on any atom is -0.354 e. The third-order valence-corrected chi connectivity index (χ3v) is 7.93. The predicted octanol–water partition coefficient (Wildman–Crippen LogP) is 3.17. The Bertz CT molecular complexity index is 1180. The first-order valence-electron chi connectivity index (χ1n) is 11.0. The Morgan fingerprint density at radius 1 is 1.06 bits per heavy atom. The average Bonchev–Trinajstić information content (AvgIpc) is 3.00. The molecule has 34 heavy (non-hydrogen) atoms. The van der Waals surface area contributed by atoms with Gasteiger partial charge >= 0.3 is 0 Å². The van der Waals surface area contributed by atoms with Gasteiger partial charge in [0.15, 0.2) is 0 Å². The highest BCUT2D eigenvalue weighted by molar-refractivity contribution is 9.10. The van der Waals surface area contributed by atoms with Crippen molar-refractivity contribution in [2.75, 3.05) is 13.1 Å². The fraction of sp³-hybridized carbons (Fsp3) is 0.375. The van der Waals surface area contributed by atoms with Crippen molar-refractivity contribution in [1.82, 2.24) is 14.5 Å². The second-order valence-electron chi connectivity index (χ2n) is 8.59. The number of nitrogens with one attached hydrogen (secondary N) is 1. The molecule has 3 rings (SSSR count). The Morgan fingerprint density at radius 3 is 2.32 bits per heavy atom. The maximum absolute atomic E-state index is 13.2. The lowest BCUT2D eigenvalue weighted by molar-refractivity contribution is -0.140. The average molecular weight is 550 g/mol. The monoisotopic (exact) mass is 549 g/mol. The van der Waals surface area contributed by atoms with E-state index in [1.807, 2.05) is 38.1 Å². The number of carbonyl (C=O) groups excluding carboxylic acids is 3. The van der Waals surface area contributed by atoms with Crippen LogP contribution in [-0.2, 0) is 26.2 Å². The molecule has 1 atom stereocenters. The molecule has 0 saturated heterocycles. The van der Waals surface area contributed by atoms with Crippen molar-refractivity contribution in [1.29, 1.82) is 0 Å². The second kappa shape index (κ2) is 10.7. The van der Waals surface area contributed by atoms with Gasteiger partial charge in [-0.05, 0) is 42.7 Å². The summed E-state index contributed by atoms with van der Waals surface area (Å²) < 4.78 is 27.2. The number of hydrogen-bond donors (Lipinski definition) is 1. The lowest BCUT2D eigenvalue weighted by Gasteiger charge is -2.29. The number of benzene rings is 2. The van der Waals surface area contributed by atoms with Gasteiger partial charge in [0.2, 0.25) is 11.8 Å². The van der Waals surface area contributed by atoms with E-state index < -0.39 is 27.9 Å². The minimum atomic E-state index is -4.01. The molecule has 0 spiro atoms. The molecule has 182 valence electrons. The lowest BCUT2D eigenvalue weighted by Crippen LogP contribution is -2.49. The topological polar surface area (TPSA) is 104 Å². The van der Waals surface area contributed by atoms with Crippen molar-refractivity contribution >= 4 is 43.7 Å². The molecule has 2 aromatic rings. The van der Waals surface area contributed by atoms with Gasteiger partial charge in [0.05, 0.1) is 5.56 Å². The van der Waals surface area contributed by atoms with Gasteiger partial charge < -0.3 is 10.2 Å². The van der Waals surface area contributed by atoms with Crippen LogP contribution in [0.4, 0.5) is 0 Å². The fourth-order valence-corrected chi connectivity index (χ4v) is 5.45. The molecule has 1 N–H and O–H groups in total. The molecule has 1 heterocycles. The third-order valence-electron chi connectivity index (χ3n) is 5.56. The van der Waals surface area contributed by atoms with Crippen LogP contribution in [-0.4, -0.2) is 54.5 Å². The molecule has 0 radical (unpaired) electrons. The van der Waals surface area contributed by atoms with Gasteiger partial charge in [-0.2, -0.15) is 0 Å². The Labute approximate surface area is 208 Å². The summed E-state index contributed by atoms with van der Waals surface area (Å²) in [5.41, 5.74) is 0.917. The summed E-state index contributed by atoms with van der Waals surface area (Å²) >= 11 is 3.38. The lowest BCUT2D eigenvalue weighted by atomic mass is 10.1. The van der Waals surface area contributed by atoms with Gasteiger partial charge in [-0.3, -0.25) is 14.4 Å². The smallest absolute Gasteiger partial charge is 0.269 e. The molecular weight excluding hydrogens is 522 g/mol. The fourth-order valence-electron chi connectivity index (χ4n) is 3.61. The van der Waals surface area contributed by atoms with E-state index in [9.17, 15) is 22.8 Å². The Hall–Kier alpha value is -2.72. The van der Waals surface area contributed by atoms with Crippen LogP contribution in [0.5, 0.6) is 0 Å². The number of sulfonamides is 1. The maximum atomic E-state index is 13.2. The van der Waals surface area contributed by atoms with E-state index in [1.165, 1.54) is 17.0 Å². The highest BCUT2D eigenvalue weighted by atomic mass is 79.9. The van der Waals surface area contributed by atoms with Crippen molar-refractivity contribution in [2.24, 2.45) is 5.92 Å². The van der Waals surface area contributed by atoms with Crippen LogP contribution in [0.1, 0.15) is 43.1 Å². The molecule has 0 aliphatic carbocycles. The van der Waals surface area contributed by atoms with E-state index in [1.54, 1.807) is 19.1 Å². The summed E-state index contributed by atoms with van der Waals surface area (Å²) in [7, 11) is -4.01. The van der Waals surface area contributed by atoms with Gasteiger partial charge in [0, 0.05) is 30.5 Å². The summed E-state index contributed by atoms with van der Waals surface area (Å²) in [6.45, 7) is 5.93. The summed E-state index contributed by atoms with van der Waals surface area (Å²) in [6.07, 6.45) is -0.239. The largest absolute Gasteiger partial charge is 0.354 e. The SMILES string of the molecule is CC(C)CNC(=O)C(C)N(Cc1ccc(Br)cc1)C(=O)CCN1C(=O)c2ccccc2S1(=O)=O. The van der Waals surface area contributed by atoms with Crippen LogP contribution in [0.2, 0.25) is 0 Å². The quantitative estimate of drug-likeness (QED) is 0.517. The van der Waals surface area contributed by atoms with E-state index >= 15 is 0 Å². The van der Waals surface area contributed by atoms with Crippen molar-refractivity contribution in [3.8, 4) is 0 Å². The van der Waals surface area contributed by atoms with Crippen LogP contribution < -0.4 is 5.32 Å². The number of halogens is 1. The molecule has 1 unspecified atom stereocenters. The van der Waals surface area contributed by atoms with Gasteiger partial charge in [0.1, 0.15) is 10.9 Å². The Kier molecular flexibility index (Phi) is 8.14. The van der Waals surface area contributed by atoms with Gasteiger partial charge in [0.25, 0.3) is 15.9 Å². The molecule has 1 aliphatic rings. The Morgan fingerprint density at radius 2 is 1.71 bits per heavy atom. The van der Waals surface area contributed by atoms with Gasteiger partial charge in [-0.15, -0.1) is 0 Å². The molecular formula is C24H28BrN3O5S. The van der Waals surface area contributed by atoms with Gasteiger partial charge in [-0.1, -0.05) is 54.0 Å². The number of carbonyl (C=O) groups is 3. The first-order chi connectivity index (χ1) is 16.0. The van der Waals surface area contributed by atoms with Crippen LogP contribution in [0.15, 0.2) is 57.9 Å². The number of nitrogens with zero attached hydrogens (tertiary/aromatic N) is 2. The summed E-state index contributed by atoms with van der Waals surface area (Å²) in [6, 6.07) is 12.6. The highest BCUT2D eigenvalue weighted by Gasteiger charge is 2.41. The zero-order chi connectivity index (χ0) is 25.0. The zero-order valence-corrected chi connectivity index (χ0v) is 21.7. The minimum absolute atomic E-state index is 0.0550. The number of rotatable bonds is 9. The normalized spacial score (nSPS) is 15.2. The standard InChI is InChI=1S/C24H28BrN3O5S/c1-16(2)14-26-23(30)17(3)27(15-18-8-10-19(25)11-9-18)22(29)12-13-28-24(31)20-6-4-5-7-21(20)34(28,32)33/h4-11,16-17H,12-15H2,1-3H3,(H,26,30). The summed E-state index contributed by atoms with van der Waals surface area (Å²) in [5.74, 6) is -1.11. The van der Waals surface area contributed by atoms with E-state index in [0.717, 1.165) is 14.3 Å². The van der Waals surface area contributed by atoms with E-state index in [2.05, 4.69) is 21.2 Å². The molecule has 10 heteroatoms. The summed E-state index contributed by atoms with van der Waals surface area (Å²) in [5, 5.41) is 2.84. The van der Waals surface area contributed by atoms with Crippen molar-refractivity contribution < 1.29 is 22.8 Å². The molecule has 0 fully saturated rings. The first kappa shape index (κ1) is 25.9. The molecule has 0 saturated carbocycles. The van der Waals surface area contributed by atoms with Crippen molar-refractivity contribution in [2.45, 2.75) is 44.7 Å². The number of hydrogen-bond acceptors (Lipinski definition) is 5. The third kappa shape index (κ3) is 5.67. The Balaban J connectivity index is 1.77. The van der Waals surface area contributed by atoms with Crippen LogP contribution in [0, 0.1) is 5.92 Å². The summed E-state index contributed by atoms with van der Waals surface area (Å²) in [4.78, 5) is 40.0. The molecule has 2 aromatic carbocycles. The molecule has 0 aromatic heterocycles. The van der Waals surface area contributed by atoms with Crippen LogP contribution >= 0.6 is 15.9 Å². The van der Waals surface area contributed by atoms with Crippen molar-refractivity contribution in [3.05, 3.63) is 64.1 Å². The van der Waals surface area contributed by atoms with Crippen LogP contribution in [0.25, 0.3) is 0 Å². The molecule has 1 aliphatic heterocycles. The second-order valence-corrected chi connectivity index (χ2v) is 11.3. The van der Waals surface area contributed by atoms with E-state index in [4.69, 9.17) is 0 Å². The zero-order valence-electron chi connectivity index (χ0n) is 19.3. The molecule has 0 bridgehead atoms. The number of amides is 3. The first-order valence-corrected chi connectivity index (χ1v) is 13.2. The number of fused-ring (bicyclic) bond motifs is 1. The molecule has 8 nitrogen and oxygen atoms in total.